The van der Waals surface area contributed by atoms with Crippen molar-refractivity contribution in [3.8, 4) is 5.69 Å². The van der Waals surface area contributed by atoms with Crippen molar-refractivity contribution in [2.45, 2.75) is 78.8 Å². The van der Waals surface area contributed by atoms with Crippen molar-refractivity contribution in [2.75, 3.05) is 20.2 Å². The predicted molar refractivity (Wildman–Crippen MR) is 162 cm³/mol. The number of aliphatic hydroxyl groups is 1. The molecule has 0 saturated carbocycles. The van der Waals surface area contributed by atoms with E-state index in [-0.39, 0.29) is 12.2 Å². The number of aromatic nitrogens is 2. The predicted octanol–water partition coefficient (Wildman–Crippen LogP) is 6.02. The number of amides is 1. The highest BCUT2D eigenvalue weighted by molar-refractivity contribution is 5.78. The third-order valence-electron chi connectivity index (χ3n) is 6.98. The quantitative estimate of drug-likeness (QED) is 0.240. The number of likely N-dealkylation sites (N-methyl/N-ethyl adjacent to an activating group) is 1. The number of halogens is 2. The maximum absolute atomic E-state index is 14.7. The Hall–Kier alpha value is -3.43. The first kappa shape index (κ1) is 34.8. The number of carbonyl (C=O) groups is 2. The summed E-state index contributed by atoms with van der Waals surface area (Å²) < 4.78 is 30.1. The zero-order chi connectivity index (χ0) is 31.3. The second kappa shape index (κ2) is 16.9. The molecule has 230 valence electrons. The van der Waals surface area contributed by atoms with E-state index in [1.54, 1.807) is 13.2 Å². The van der Waals surface area contributed by atoms with Crippen molar-refractivity contribution in [3.63, 3.8) is 0 Å². The number of nitrogens with zero attached hydrogens (tertiary/aromatic N) is 3. The van der Waals surface area contributed by atoms with E-state index in [4.69, 9.17) is 5.10 Å². The van der Waals surface area contributed by atoms with E-state index in [0.29, 0.717) is 18.5 Å². The molecule has 0 aliphatic heterocycles. The Balaban J connectivity index is 0.00000113. The number of nitrogens with one attached hydrogen (secondary N) is 1. The maximum Gasteiger partial charge on any atom is 0.248 e. The van der Waals surface area contributed by atoms with Gasteiger partial charge >= 0.3 is 0 Å². The SMILES string of the molecule is CCCCC.CNC(C=O)CCN(C(=O)CO)C(c1nn(-c2cc(F)ccc2F)cc1Cc1ccccc1)C(C)(C)C. The molecule has 2 N–H and O–H groups in total. The van der Waals surface area contributed by atoms with Crippen LogP contribution in [0.1, 0.15) is 83.2 Å². The Morgan fingerprint density at radius 3 is 2.31 bits per heavy atom. The number of hydrogen-bond acceptors (Lipinski definition) is 5. The number of unbranched alkanes of at least 4 members (excludes halogenated alkanes) is 2. The van der Waals surface area contributed by atoms with Crippen LogP contribution in [0.4, 0.5) is 8.78 Å². The molecule has 9 heteroatoms. The van der Waals surface area contributed by atoms with E-state index in [1.165, 1.54) is 28.8 Å². The Bertz CT molecular complexity index is 1260. The Morgan fingerprint density at radius 2 is 1.79 bits per heavy atom. The molecular formula is C33H46F2N4O3. The van der Waals surface area contributed by atoms with Crippen LogP contribution in [-0.2, 0) is 16.0 Å². The number of carbonyl (C=O) groups excluding carboxylic acids is 2. The second-order valence-corrected chi connectivity index (χ2v) is 11.4. The molecule has 0 bridgehead atoms. The number of hydrogen-bond donors (Lipinski definition) is 2. The minimum atomic E-state index is -0.717. The largest absolute Gasteiger partial charge is 0.387 e. The number of rotatable bonds is 13. The fraction of sp³-hybridized carbons (Fsp3) is 0.485. The first-order valence-corrected chi connectivity index (χ1v) is 14.6. The zero-order valence-electron chi connectivity index (χ0n) is 25.7. The van der Waals surface area contributed by atoms with Gasteiger partial charge in [-0.2, -0.15) is 5.10 Å². The van der Waals surface area contributed by atoms with E-state index in [9.17, 15) is 23.5 Å². The lowest BCUT2D eigenvalue weighted by molar-refractivity contribution is -0.139. The van der Waals surface area contributed by atoms with Gasteiger partial charge in [0.25, 0.3) is 0 Å². The van der Waals surface area contributed by atoms with E-state index in [1.807, 2.05) is 51.1 Å². The molecule has 2 unspecified atom stereocenters. The van der Waals surface area contributed by atoms with Crippen LogP contribution in [0.5, 0.6) is 0 Å². The summed E-state index contributed by atoms with van der Waals surface area (Å²) in [5, 5.41) is 17.4. The smallest absolute Gasteiger partial charge is 0.248 e. The van der Waals surface area contributed by atoms with E-state index in [2.05, 4.69) is 19.2 Å². The third kappa shape index (κ3) is 9.84. The van der Waals surface area contributed by atoms with Gasteiger partial charge in [0.15, 0.2) is 0 Å². The van der Waals surface area contributed by atoms with Crippen molar-refractivity contribution >= 4 is 12.2 Å². The summed E-state index contributed by atoms with van der Waals surface area (Å²) in [6, 6.07) is 11.7. The molecule has 0 radical (unpaired) electrons. The molecule has 3 rings (SSSR count). The summed E-state index contributed by atoms with van der Waals surface area (Å²) in [5.74, 6) is -1.76. The van der Waals surface area contributed by atoms with Gasteiger partial charge in [-0.25, -0.2) is 13.5 Å². The lowest BCUT2D eigenvalue weighted by atomic mass is 9.81. The molecule has 2 atom stereocenters. The van der Waals surface area contributed by atoms with Gasteiger partial charge in [-0.1, -0.05) is 84.2 Å². The molecule has 0 aliphatic rings. The molecule has 0 aliphatic carbocycles. The van der Waals surface area contributed by atoms with Crippen LogP contribution in [0.15, 0.2) is 54.7 Å². The fourth-order valence-electron chi connectivity index (χ4n) is 4.82. The molecule has 7 nitrogen and oxygen atoms in total. The van der Waals surface area contributed by atoms with Crippen LogP contribution in [0, 0.1) is 17.0 Å². The Labute approximate surface area is 248 Å². The summed E-state index contributed by atoms with van der Waals surface area (Å²) in [7, 11) is 1.66. The van der Waals surface area contributed by atoms with Crippen LogP contribution in [0.3, 0.4) is 0 Å². The molecule has 1 amide bonds. The maximum atomic E-state index is 14.7. The summed E-state index contributed by atoms with van der Waals surface area (Å²) in [6.45, 7) is 9.71. The van der Waals surface area contributed by atoms with Gasteiger partial charge in [0.1, 0.15) is 30.2 Å². The van der Waals surface area contributed by atoms with Crippen LogP contribution < -0.4 is 5.32 Å². The third-order valence-corrected chi connectivity index (χ3v) is 6.98. The van der Waals surface area contributed by atoms with Crippen molar-refractivity contribution in [1.82, 2.24) is 20.0 Å². The van der Waals surface area contributed by atoms with Crippen LogP contribution >= 0.6 is 0 Å². The normalized spacial score (nSPS) is 12.7. The first-order valence-electron chi connectivity index (χ1n) is 14.6. The summed E-state index contributed by atoms with van der Waals surface area (Å²) in [6.07, 6.45) is 7.27. The monoisotopic (exact) mass is 584 g/mol. The fourth-order valence-corrected chi connectivity index (χ4v) is 4.82. The average molecular weight is 585 g/mol. The van der Waals surface area contributed by atoms with Crippen molar-refractivity contribution in [1.29, 1.82) is 0 Å². The van der Waals surface area contributed by atoms with Gasteiger partial charge in [-0.15, -0.1) is 0 Å². The Kier molecular flexibility index (Phi) is 14.0. The molecule has 0 spiro atoms. The highest BCUT2D eigenvalue weighted by atomic mass is 19.1. The van der Waals surface area contributed by atoms with Crippen LogP contribution in [0.2, 0.25) is 0 Å². The lowest BCUT2D eigenvalue weighted by Gasteiger charge is -2.40. The standard InChI is InChI=1S/C28H34F2N4O3.C5H12/c1-28(2,3)27(33(25(37)18-36)13-12-22(17-35)31-4)26-20(14-19-8-6-5-7-9-19)16-34(32-26)24-15-21(29)10-11-23(24)30;1-3-5-4-2/h5-11,15-17,22,27,31,36H,12-14,18H2,1-4H3;3-5H2,1-2H3. The molecule has 2 aromatic carbocycles. The highest BCUT2D eigenvalue weighted by Gasteiger charge is 2.38. The summed E-state index contributed by atoms with van der Waals surface area (Å²) in [5.41, 5.74) is 1.60. The zero-order valence-corrected chi connectivity index (χ0v) is 25.7. The number of benzene rings is 2. The average Bonchev–Trinajstić information content (AvgIpc) is 3.36. The van der Waals surface area contributed by atoms with Gasteiger partial charge in [0.05, 0.1) is 17.8 Å². The van der Waals surface area contributed by atoms with Crippen LogP contribution in [0.25, 0.3) is 5.69 Å². The van der Waals surface area contributed by atoms with Gasteiger partial charge in [-0.3, -0.25) is 4.79 Å². The first-order chi connectivity index (χ1) is 20.0. The molecule has 1 aromatic heterocycles. The highest BCUT2D eigenvalue weighted by Crippen LogP contribution is 2.40. The van der Waals surface area contributed by atoms with Crippen molar-refractivity contribution in [2.24, 2.45) is 5.41 Å². The molecule has 0 fully saturated rings. The Morgan fingerprint density at radius 1 is 1.12 bits per heavy atom. The van der Waals surface area contributed by atoms with E-state index < -0.39 is 41.6 Å². The topological polar surface area (TPSA) is 87.5 Å². The van der Waals surface area contributed by atoms with E-state index >= 15 is 0 Å². The molecular weight excluding hydrogens is 538 g/mol. The van der Waals surface area contributed by atoms with Gasteiger partial charge < -0.3 is 20.1 Å². The lowest BCUT2D eigenvalue weighted by Crippen LogP contribution is -2.45. The number of aliphatic hydroxyl groups excluding tert-OH is 1. The second-order valence-electron chi connectivity index (χ2n) is 11.4. The van der Waals surface area contributed by atoms with Gasteiger partial charge in [0.2, 0.25) is 5.91 Å². The molecule has 3 aromatic rings. The van der Waals surface area contributed by atoms with Crippen LogP contribution in [-0.4, -0.2) is 58.2 Å². The van der Waals surface area contributed by atoms with Gasteiger partial charge in [-0.05, 0) is 36.6 Å². The van der Waals surface area contributed by atoms with Gasteiger partial charge in [0, 0.05) is 30.8 Å². The number of aldehydes is 1. The molecule has 0 saturated heterocycles. The molecule has 42 heavy (non-hydrogen) atoms. The minimum absolute atomic E-state index is 0.0514. The minimum Gasteiger partial charge on any atom is -0.387 e. The molecule has 1 heterocycles. The summed E-state index contributed by atoms with van der Waals surface area (Å²) >= 11 is 0. The summed E-state index contributed by atoms with van der Waals surface area (Å²) in [4.78, 5) is 26.0. The van der Waals surface area contributed by atoms with E-state index in [0.717, 1.165) is 35.6 Å². The van der Waals surface area contributed by atoms with Crippen molar-refractivity contribution < 1.29 is 23.5 Å². The van der Waals surface area contributed by atoms with Crippen molar-refractivity contribution in [3.05, 3.63) is 83.2 Å².